The van der Waals surface area contributed by atoms with Gasteiger partial charge in [-0.25, -0.2) is 4.90 Å². The zero-order valence-electron chi connectivity index (χ0n) is 12.3. The van der Waals surface area contributed by atoms with Crippen molar-refractivity contribution in [2.75, 3.05) is 4.90 Å². The highest BCUT2D eigenvalue weighted by Crippen LogP contribution is 2.52. The fourth-order valence-corrected chi connectivity index (χ4v) is 3.77. The first-order valence-corrected chi connectivity index (χ1v) is 7.24. The van der Waals surface area contributed by atoms with E-state index in [0.717, 1.165) is 11.1 Å². The van der Waals surface area contributed by atoms with E-state index >= 15 is 0 Å². The van der Waals surface area contributed by atoms with E-state index in [-0.39, 0.29) is 29.8 Å². The van der Waals surface area contributed by atoms with Gasteiger partial charge < -0.3 is 4.74 Å². The van der Waals surface area contributed by atoms with Crippen LogP contribution in [0, 0.1) is 25.7 Å². The molecular weight excluding hydrogens is 266 g/mol. The molecule has 0 saturated carbocycles. The van der Waals surface area contributed by atoms with Crippen molar-refractivity contribution in [1.82, 2.24) is 0 Å². The lowest BCUT2D eigenvalue weighted by molar-refractivity contribution is -0.126. The van der Waals surface area contributed by atoms with Gasteiger partial charge in [0.15, 0.2) is 0 Å². The summed E-state index contributed by atoms with van der Waals surface area (Å²) >= 11 is 0. The topological polar surface area (TPSA) is 46.6 Å². The Morgan fingerprint density at radius 2 is 1.90 bits per heavy atom. The molecule has 0 aliphatic carbocycles. The van der Waals surface area contributed by atoms with Gasteiger partial charge in [-0.15, -0.1) is 0 Å². The standard InChI is InChI=1S/C17H17NO3/c1-9-4-5-11(8-10(9)2)18-15(19)13-12-6-7-17(3,21-12)14(13)16(18)20/h4-8,12-14H,1-3H3/t12-,13+,14-,17+/m1/s1. The number of hydrogen-bond acceptors (Lipinski definition) is 3. The van der Waals surface area contributed by atoms with Crippen molar-refractivity contribution in [2.24, 2.45) is 11.8 Å². The number of benzene rings is 1. The number of carbonyl (C=O) groups is 2. The largest absolute Gasteiger partial charge is 0.362 e. The molecule has 0 aromatic heterocycles. The fourth-order valence-electron chi connectivity index (χ4n) is 3.77. The molecule has 3 aliphatic rings. The molecule has 4 nitrogen and oxygen atoms in total. The van der Waals surface area contributed by atoms with Crippen LogP contribution in [-0.4, -0.2) is 23.5 Å². The van der Waals surface area contributed by atoms with E-state index in [2.05, 4.69) is 0 Å². The quantitative estimate of drug-likeness (QED) is 0.586. The van der Waals surface area contributed by atoms with Gasteiger partial charge in [0.2, 0.25) is 11.8 Å². The molecule has 1 aromatic rings. The van der Waals surface area contributed by atoms with Gasteiger partial charge in [-0.3, -0.25) is 9.59 Å². The zero-order chi connectivity index (χ0) is 14.9. The minimum Gasteiger partial charge on any atom is -0.362 e. The number of carbonyl (C=O) groups excluding carboxylic acids is 2. The van der Waals surface area contributed by atoms with Gasteiger partial charge in [0, 0.05) is 0 Å². The number of amides is 2. The Morgan fingerprint density at radius 1 is 1.14 bits per heavy atom. The third-order valence-electron chi connectivity index (χ3n) is 5.08. The zero-order valence-corrected chi connectivity index (χ0v) is 12.3. The van der Waals surface area contributed by atoms with Crippen LogP contribution in [0.3, 0.4) is 0 Å². The SMILES string of the molecule is Cc1ccc(N2C(=O)[C@H]3[C@H]4C=C[C@](C)(O4)[C@H]3C2=O)cc1C. The van der Waals surface area contributed by atoms with E-state index in [1.54, 1.807) is 0 Å². The molecule has 2 bridgehead atoms. The first kappa shape index (κ1) is 12.8. The molecule has 2 amide bonds. The Balaban J connectivity index is 1.78. The number of imide groups is 1. The molecule has 3 heterocycles. The van der Waals surface area contributed by atoms with E-state index in [1.807, 2.05) is 51.1 Å². The molecule has 0 spiro atoms. The lowest BCUT2D eigenvalue weighted by Gasteiger charge is -2.24. The van der Waals surface area contributed by atoms with Crippen LogP contribution in [0.25, 0.3) is 0 Å². The molecule has 4 heteroatoms. The second kappa shape index (κ2) is 3.83. The number of rotatable bonds is 1. The molecule has 0 unspecified atom stereocenters. The van der Waals surface area contributed by atoms with Crippen molar-refractivity contribution in [2.45, 2.75) is 32.5 Å². The average Bonchev–Trinajstić information content (AvgIpc) is 3.03. The summed E-state index contributed by atoms with van der Waals surface area (Å²) in [4.78, 5) is 26.8. The molecule has 2 fully saturated rings. The maximum Gasteiger partial charge on any atom is 0.241 e. The van der Waals surface area contributed by atoms with Crippen molar-refractivity contribution in [3.05, 3.63) is 41.5 Å². The molecular formula is C17H17NO3. The summed E-state index contributed by atoms with van der Waals surface area (Å²) < 4.78 is 5.82. The normalized spacial score (nSPS) is 36.7. The summed E-state index contributed by atoms with van der Waals surface area (Å²) in [5.41, 5.74) is 2.27. The number of fused-ring (bicyclic) bond motifs is 5. The van der Waals surface area contributed by atoms with E-state index in [1.165, 1.54) is 4.90 Å². The van der Waals surface area contributed by atoms with E-state index in [4.69, 9.17) is 4.74 Å². The number of ether oxygens (including phenoxy) is 1. The third-order valence-corrected chi connectivity index (χ3v) is 5.08. The molecule has 3 aliphatic heterocycles. The first-order valence-electron chi connectivity index (χ1n) is 7.24. The van der Waals surface area contributed by atoms with Gasteiger partial charge in [0.05, 0.1) is 29.2 Å². The monoisotopic (exact) mass is 283 g/mol. The highest BCUT2D eigenvalue weighted by molar-refractivity contribution is 6.23. The smallest absolute Gasteiger partial charge is 0.241 e. The van der Waals surface area contributed by atoms with Gasteiger partial charge in [-0.05, 0) is 44.0 Å². The van der Waals surface area contributed by atoms with Gasteiger partial charge >= 0.3 is 0 Å². The maximum atomic E-state index is 12.8. The summed E-state index contributed by atoms with van der Waals surface area (Å²) in [6, 6.07) is 5.70. The third kappa shape index (κ3) is 1.48. The van der Waals surface area contributed by atoms with Crippen LogP contribution < -0.4 is 4.90 Å². The summed E-state index contributed by atoms with van der Waals surface area (Å²) in [6.45, 7) is 5.89. The van der Waals surface area contributed by atoms with Crippen molar-refractivity contribution >= 4 is 17.5 Å². The Morgan fingerprint density at radius 3 is 2.57 bits per heavy atom. The van der Waals surface area contributed by atoms with E-state index < -0.39 is 5.60 Å². The maximum absolute atomic E-state index is 12.8. The number of nitrogens with zero attached hydrogens (tertiary/aromatic N) is 1. The predicted octanol–water partition coefficient (Wildman–Crippen LogP) is 2.14. The summed E-state index contributed by atoms with van der Waals surface area (Å²) in [6.07, 6.45) is 3.58. The van der Waals surface area contributed by atoms with Crippen molar-refractivity contribution in [3.63, 3.8) is 0 Å². The second-order valence-electron chi connectivity index (χ2n) is 6.41. The molecule has 0 N–H and O–H groups in total. The molecule has 2 saturated heterocycles. The summed E-state index contributed by atoms with van der Waals surface area (Å²) in [7, 11) is 0. The van der Waals surface area contributed by atoms with Crippen LogP contribution in [0.15, 0.2) is 30.4 Å². The van der Waals surface area contributed by atoms with Crippen LogP contribution >= 0.6 is 0 Å². The van der Waals surface area contributed by atoms with Crippen LogP contribution in [0.4, 0.5) is 5.69 Å². The Bertz CT molecular complexity index is 708. The summed E-state index contributed by atoms with van der Waals surface area (Å²) in [5.74, 6) is -1.02. The lowest BCUT2D eigenvalue weighted by atomic mass is 9.78. The predicted molar refractivity (Wildman–Crippen MR) is 77.8 cm³/mol. The number of anilines is 1. The number of hydrogen-bond donors (Lipinski definition) is 0. The minimum absolute atomic E-state index is 0.133. The van der Waals surface area contributed by atoms with Crippen molar-refractivity contribution in [3.8, 4) is 0 Å². The van der Waals surface area contributed by atoms with Gasteiger partial charge in [-0.1, -0.05) is 18.2 Å². The number of aryl methyl sites for hydroxylation is 2. The van der Waals surface area contributed by atoms with E-state index in [9.17, 15) is 9.59 Å². The van der Waals surface area contributed by atoms with Gasteiger partial charge in [0.1, 0.15) is 0 Å². The lowest BCUT2D eigenvalue weighted by Crippen LogP contribution is -2.38. The Hall–Kier alpha value is -1.94. The van der Waals surface area contributed by atoms with Crippen LogP contribution in [0.5, 0.6) is 0 Å². The first-order chi connectivity index (χ1) is 9.92. The van der Waals surface area contributed by atoms with Crippen LogP contribution in [0.1, 0.15) is 18.1 Å². The molecule has 1 aromatic carbocycles. The van der Waals surface area contributed by atoms with Crippen molar-refractivity contribution in [1.29, 1.82) is 0 Å². The molecule has 4 rings (SSSR count). The molecule has 4 atom stereocenters. The minimum atomic E-state index is -0.628. The van der Waals surface area contributed by atoms with E-state index in [0.29, 0.717) is 5.69 Å². The second-order valence-corrected chi connectivity index (χ2v) is 6.41. The highest BCUT2D eigenvalue weighted by Gasteiger charge is 2.65. The summed E-state index contributed by atoms with van der Waals surface area (Å²) in [5, 5.41) is 0. The van der Waals surface area contributed by atoms with Crippen LogP contribution in [0.2, 0.25) is 0 Å². The average molecular weight is 283 g/mol. The fraction of sp³-hybridized carbons (Fsp3) is 0.412. The molecule has 108 valence electrons. The van der Waals surface area contributed by atoms with Gasteiger partial charge in [-0.2, -0.15) is 0 Å². The Kier molecular flexibility index (Phi) is 2.33. The molecule has 0 radical (unpaired) electrons. The van der Waals surface area contributed by atoms with Gasteiger partial charge in [0.25, 0.3) is 0 Å². The highest BCUT2D eigenvalue weighted by atomic mass is 16.5. The van der Waals surface area contributed by atoms with Crippen LogP contribution in [-0.2, 0) is 14.3 Å². The molecule has 21 heavy (non-hydrogen) atoms. The van der Waals surface area contributed by atoms with Crippen molar-refractivity contribution < 1.29 is 14.3 Å². The Labute approximate surface area is 123 Å².